The topological polar surface area (TPSA) is 115 Å². The van der Waals surface area contributed by atoms with Gasteiger partial charge in [-0.1, -0.05) is 50.6 Å². The molecule has 0 aliphatic carbocycles. The normalized spacial score (nSPS) is 41.4. The molecule has 2 bridgehead atoms. The van der Waals surface area contributed by atoms with E-state index in [0.29, 0.717) is 25.7 Å². The van der Waals surface area contributed by atoms with E-state index in [-0.39, 0.29) is 17.9 Å². The molecule has 3 N–H and O–H groups in total. The van der Waals surface area contributed by atoms with E-state index in [1.54, 1.807) is 14.0 Å². The van der Waals surface area contributed by atoms with Crippen LogP contribution < -0.4 is 0 Å². The summed E-state index contributed by atoms with van der Waals surface area (Å²) in [6.07, 6.45) is -0.226. The molecule has 1 aromatic rings. The van der Waals surface area contributed by atoms with Gasteiger partial charge in [0.15, 0.2) is 0 Å². The number of esters is 1. The first-order valence-electron chi connectivity index (χ1n) is 13.2. The van der Waals surface area contributed by atoms with Crippen molar-refractivity contribution in [2.45, 2.75) is 102 Å². The fourth-order valence-electron chi connectivity index (χ4n) is 5.70. The fourth-order valence-corrected chi connectivity index (χ4v) is 5.70. The maximum Gasteiger partial charge on any atom is 0.314 e. The second-order valence-corrected chi connectivity index (χ2v) is 10.6. The Balaban J connectivity index is 1.95. The molecule has 1 aromatic carbocycles. The Morgan fingerprint density at radius 3 is 2.25 bits per heavy atom. The summed E-state index contributed by atoms with van der Waals surface area (Å²) in [5.74, 6) is -4.28. The number of hydrogen-bond acceptors (Lipinski definition) is 8. The van der Waals surface area contributed by atoms with Gasteiger partial charge < -0.3 is 34.3 Å². The molecule has 0 aromatic heterocycles. The average Bonchev–Trinajstić information content (AvgIpc) is 2.88. The highest BCUT2D eigenvalue weighted by molar-refractivity contribution is 5.73. The van der Waals surface area contributed by atoms with E-state index in [1.807, 2.05) is 44.2 Å². The van der Waals surface area contributed by atoms with Gasteiger partial charge in [-0.3, -0.25) is 4.79 Å². The largest absolute Gasteiger partial charge is 0.457 e. The predicted octanol–water partition coefficient (Wildman–Crippen LogP) is 3.37. The maximum atomic E-state index is 13.4. The van der Waals surface area contributed by atoms with E-state index in [2.05, 4.69) is 0 Å². The third kappa shape index (κ3) is 6.29. The molecular weight excluding hydrogens is 464 g/mol. The highest BCUT2D eigenvalue weighted by atomic mass is 16.7. The summed E-state index contributed by atoms with van der Waals surface area (Å²) in [4.78, 5) is 13.4. The van der Waals surface area contributed by atoms with Gasteiger partial charge in [0, 0.05) is 20.1 Å². The molecule has 0 amide bonds. The lowest BCUT2D eigenvalue weighted by atomic mass is 9.77. The first-order chi connectivity index (χ1) is 17.1. The Morgan fingerprint density at radius 1 is 0.944 bits per heavy atom. The number of hydrogen-bond donors (Lipinski definition) is 3. The molecule has 2 aliphatic heterocycles. The lowest BCUT2D eigenvalue weighted by Crippen LogP contribution is -2.67. The summed E-state index contributed by atoms with van der Waals surface area (Å²) in [7, 11) is 3.00. The molecule has 0 saturated carbocycles. The van der Waals surface area contributed by atoms with Crippen molar-refractivity contribution in [1.29, 1.82) is 0 Å². The van der Waals surface area contributed by atoms with Crippen LogP contribution in [0.5, 0.6) is 0 Å². The van der Waals surface area contributed by atoms with E-state index in [9.17, 15) is 20.1 Å². The van der Waals surface area contributed by atoms with Gasteiger partial charge in [-0.05, 0) is 50.5 Å². The third-order valence-electron chi connectivity index (χ3n) is 8.17. The summed E-state index contributed by atoms with van der Waals surface area (Å²) >= 11 is 0. The standard InChI is InChI=1S/C28H44O8/c1-17-15-16-21(29)23(33-4)14-10-9-13-22(20-11-7-6-8-12-20)35-27(31)19(3)28(32)26(34-5)24(30)18(2)25(17)36-28/h6-8,11-12,17-19,21-26,29-30,32H,9-10,13-16H2,1-5H3/t17-,18-,19+,21+,22?,23-,24-,25-,26+,28-/m0/s1. The van der Waals surface area contributed by atoms with Crippen LogP contribution in [-0.2, 0) is 23.7 Å². The molecule has 1 unspecified atom stereocenters. The summed E-state index contributed by atoms with van der Waals surface area (Å²) in [5, 5.41) is 33.6. The smallest absolute Gasteiger partial charge is 0.314 e. The number of benzene rings is 1. The minimum absolute atomic E-state index is 0.112. The van der Waals surface area contributed by atoms with Gasteiger partial charge in [-0.2, -0.15) is 0 Å². The molecule has 8 nitrogen and oxygen atoms in total. The zero-order valence-electron chi connectivity index (χ0n) is 22.2. The lowest BCUT2D eigenvalue weighted by molar-refractivity contribution is -0.362. The van der Waals surface area contributed by atoms with Crippen LogP contribution in [0.3, 0.4) is 0 Å². The van der Waals surface area contributed by atoms with Crippen molar-refractivity contribution >= 4 is 5.97 Å². The first-order valence-corrected chi connectivity index (χ1v) is 13.2. The van der Waals surface area contributed by atoms with Crippen LogP contribution in [0.2, 0.25) is 0 Å². The number of aliphatic hydroxyl groups is 3. The Kier molecular flexibility index (Phi) is 10.3. The monoisotopic (exact) mass is 508 g/mol. The van der Waals surface area contributed by atoms with Crippen molar-refractivity contribution in [2.75, 3.05) is 14.2 Å². The number of aliphatic hydroxyl groups excluding tert-OH is 2. The van der Waals surface area contributed by atoms with Gasteiger partial charge >= 0.3 is 5.97 Å². The van der Waals surface area contributed by atoms with E-state index in [4.69, 9.17) is 18.9 Å². The molecular formula is C28H44O8. The van der Waals surface area contributed by atoms with Crippen LogP contribution in [0.4, 0.5) is 0 Å². The molecule has 204 valence electrons. The van der Waals surface area contributed by atoms with Gasteiger partial charge in [0.05, 0.1) is 24.4 Å². The van der Waals surface area contributed by atoms with Crippen molar-refractivity contribution in [3.8, 4) is 0 Å². The molecule has 2 heterocycles. The van der Waals surface area contributed by atoms with Gasteiger partial charge in [0.2, 0.25) is 5.79 Å². The van der Waals surface area contributed by atoms with E-state index in [1.165, 1.54) is 7.11 Å². The average molecular weight is 509 g/mol. The molecule has 0 radical (unpaired) electrons. The van der Waals surface area contributed by atoms with Crippen LogP contribution in [0.1, 0.15) is 71.0 Å². The zero-order valence-corrected chi connectivity index (χ0v) is 22.2. The maximum absolute atomic E-state index is 13.4. The van der Waals surface area contributed by atoms with Gasteiger partial charge in [-0.25, -0.2) is 0 Å². The van der Waals surface area contributed by atoms with Crippen LogP contribution >= 0.6 is 0 Å². The number of carbonyl (C=O) groups is 1. The SMILES string of the molecule is CO[C@H]1CCCCC(c2ccccc2)OC(=O)[C@@H](C)[C@]2(O)O[C@H]([C@@H](C)[C@H](O)[C@H]2OC)[C@@H](C)CC[C@H]1O. The highest BCUT2D eigenvalue weighted by Crippen LogP contribution is 2.42. The molecule has 36 heavy (non-hydrogen) atoms. The van der Waals surface area contributed by atoms with E-state index in [0.717, 1.165) is 18.4 Å². The van der Waals surface area contributed by atoms with Crippen molar-refractivity contribution in [3.05, 3.63) is 35.9 Å². The van der Waals surface area contributed by atoms with E-state index >= 15 is 0 Å². The van der Waals surface area contributed by atoms with Crippen LogP contribution in [-0.4, -0.2) is 71.8 Å². The summed E-state index contributed by atoms with van der Waals surface area (Å²) in [6, 6.07) is 9.52. The van der Waals surface area contributed by atoms with Crippen molar-refractivity contribution < 1.29 is 39.1 Å². The van der Waals surface area contributed by atoms with E-state index < -0.39 is 48.2 Å². The molecule has 8 heteroatoms. The Bertz CT molecular complexity index is 819. The summed E-state index contributed by atoms with van der Waals surface area (Å²) in [5.41, 5.74) is 0.863. The van der Waals surface area contributed by atoms with Gasteiger partial charge in [-0.15, -0.1) is 0 Å². The van der Waals surface area contributed by atoms with Crippen LogP contribution in [0.15, 0.2) is 30.3 Å². The quantitative estimate of drug-likeness (QED) is 0.533. The number of ether oxygens (including phenoxy) is 4. The molecule has 10 atom stereocenters. The van der Waals surface area contributed by atoms with Crippen molar-refractivity contribution in [1.82, 2.24) is 0 Å². The van der Waals surface area contributed by atoms with Crippen LogP contribution in [0.25, 0.3) is 0 Å². The number of methoxy groups -OCH3 is 2. The number of cyclic esters (lactones) is 1. The Hall–Kier alpha value is -1.55. The fraction of sp³-hybridized carbons (Fsp3) is 0.750. The molecule has 0 spiro atoms. The zero-order chi connectivity index (χ0) is 26.5. The van der Waals surface area contributed by atoms with Crippen molar-refractivity contribution in [3.63, 3.8) is 0 Å². The van der Waals surface area contributed by atoms with Crippen molar-refractivity contribution in [2.24, 2.45) is 17.8 Å². The molecule has 2 fully saturated rings. The summed E-state index contributed by atoms with van der Waals surface area (Å²) in [6.45, 7) is 5.36. The third-order valence-corrected chi connectivity index (χ3v) is 8.17. The number of fused-ring (bicyclic) bond motifs is 2. The molecule has 2 aliphatic rings. The van der Waals surface area contributed by atoms with Crippen LogP contribution in [0, 0.1) is 17.8 Å². The molecule has 3 rings (SSSR count). The summed E-state index contributed by atoms with van der Waals surface area (Å²) < 4.78 is 23.3. The first kappa shape index (κ1) is 29.0. The Labute approximate surface area is 214 Å². The lowest BCUT2D eigenvalue weighted by Gasteiger charge is -2.51. The van der Waals surface area contributed by atoms with Gasteiger partial charge in [0.1, 0.15) is 18.1 Å². The highest BCUT2D eigenvalue weighted by Gasteiger charge is 2.58. The van der Waals surface area contributed by atoms with Gasteiger partial charge in [0.25, 0.3) is 0 Å². The number of rotatable bonds is 3. The minimum Gasteiger partial charge on any atom is -0.457 e. The Morgan fingerprint density at radius 2 is 1.61 bits per heavy atom. The second kappa shape index (κ2) is 12.8. The predicted molar refractivity (Wildman–Crippen MR) is 134 cm³/mol. The molecule has 2 saturated heterocycles. The second-order valence-electron chi connectivity index (χ2n) is 10.6. The minimum atomic E-state index is -2.08. The number of carbonyl (C=O) groups excluding carboxylic acids is 1.